The van der Waals surface area contributed by atoms with Crippen LogP contribution in [0, 0.1) is 0 Å². The van der Waals surface area contributed by atoms with Crippen molar-refractivity contribution in [2.24, 2.45) is 0 Å². The summed E-state index contributed by atoms with van der Waals surface area (Å²) in [6, 6.07) is 21.4. The summed E-state index contributed by atoms with van der Waals surface area (Å²) >= 11 is 0. The van der Waals surface area contributed by atoms with E-state index in [1.165, 1.54) is 11.1 Å². The summed E-state index contributed by atoms with van der Waals surface area (Å²) in [4.78, 5) is 0. The summed E-state index contributed by atoms with van der Waals surface area (Å²) < 4.78 is 0.980. The Hall–Kier alpha value is -0.390. The standard InChI is InChI=1S/C16H20N.BrH.HI/c1-17(2,13-15-9-5-3-6-10-15)14-16-11-7-4-8-12-16;;/h3-12H,13-14H2,1-2H3;2*1H/q+1;;/p-1. The second kappa shape index (κ2) is 8.72. The normalized spacial score (nSPS) is 10.2. The topological polar surface area (TPSA) is 0 Å². The van der Waals surface area contributed by atoms with E-state index in [9.17, 15) is 0 Å². The largest absolute Gasteiger partial charge is 1.00 e. The van der Waals surface area contributed by atoms with E-state index in [-0.39, 0.29) is 41.0 Å². The Morgan fingerprint density at radius 3 is 1.32 bits per heavy atom. The van der Waals surface area contributed by atoms with E-state index in [2.05, 4.69) is 74.8 Å². The summed E-state index contributed by atoms with van der Waals surface area (Å²) in [6.45, 7) is 2.13. The number of nitrogens with zero attached hydrogens (tertiary/aromatic N) is 1. The van der Waals surface area contributed by atoms with E-state index in [4.69, 9.17) is 0 Å². The van der Waals surface area contributed by atoms with Crippen molar-refractivity contribution in [2.75, 3.05) is 14.1 Å². The van der Waals surface area contributed by atoms with Crippen LogP contribution < -0.4 is 17.0 Å². The fourth-order valence-corrected chi connectivity index (χ4v) is 2.21. The molecule has 3 heteroatoms. The lowest BCUT2D eigenvalue weighted by atomic mass is 10.1. The van der Waals surface area contributed by atoms with Gasteiger partial charge in [0.15, 0.2) is 0 Å². The molecule has 0 aromatic heterocycles. The highest BCUT2D eigenvalue weighted by Crippen LogP contribution is 2.14. The Morgan fingerprint density at radius 1 is 0.684 bits per heavy atom. The van der Waals surface area contributed by atoms with Crippen LogP contribution in [0.15, 0.2) is 60.7 Å². The maximum absolute atomic E-state index is 2.28. The molecule has 2 rings (SSSR count). The molecule has 0 aliphatic carbocycles. The molecule has 0 N–H and O–H groups in total. The maximum Gasteiger partial charge on any atom is 0.104 e. The average Bonchev–Trinajstić information content (AvgIpc) is 2.30. The zero-order valence-electron chi connectivity index (χ0n) is 11.4. The van der Waals surface area contributed by atoms with Gasteiger partial charge in [0.2, 0.25) is 0 Å². The Balaban J connectivity index is 0.00000162. The Morgan fingerprint density at radius 2 is 1.00 bits per heavy atom. The lowest BCUT2D eigenvalue weighted by molar-refractivity contribution is -0.916. The highest BCUT2D eigenvalue weighted by Gasteiger charge is 2.16. The average molecular weight is 434 g/mol. The molecule has 0 bridgehead atoms. The van der Waals surface area contributed by atoms with Crippen LogP contribution in [0.2, 0.25) is 0 Å². The minimum atomic E-state index is 0. The van der Waals surface area contributed by atoms with Gasteiger partial charge in [-0.25, -0.2) is 0 Å². The summed E-state index contributed by atoms with van der Waals surface area (Å²) in [6.07, 6.45) is 0. The van der Waals surface area contributed by atoms with Gasteiger partial charge in [-0.15, -0.1) is 24.0 Å². The van der Waals surface area contributed by atoms with Crippen molar-refractivity contribution in [3.63, 3.8) is 0 Å². The fraction of sp³-hybridized carbons (Fsp3) is 0.250. The van der Waals surface area contributed by atoms with E-state index in [0.29, 0.717) is 0 Å². The molecule has 0 heterocycles. The summed E-state index contributed by atoms with van der Waals surface area (Å²) in [5, 5.41) is 0. The van der Waals surface area contributed by atoms with Gasteiger partial charge in [0.1, 0.15) is 13.1 Å². The van der Waals surface area contributed by atoms with Gasteiger partial charge >= 0.3 is 0 Å². The lowest BCUT2D eigenvalue weighted by Crippen LogP contribution is -3.00. The number of quaternary nitrogens is 1. The van der Waals surface area contributed by atoms with Crippen LogP contribution in [0.4, 0.5) is 0 Å². The third-order valence-electron chi connectivity index (χ3n) is 2.91. The van der Waals surface area contributed by atoms with Crippen molar-refractivity contribution < 1.29 is 21.5 Å². The minimum Gasteiger partial charge on any atom is -1.00 e. The minimum absolute atomic E-state index is 0. The van der Waals surface area contributed by atoms with Crippen molar-refractivity contribution in [3.8, 4) is 0 Å². The molecular weight excluding hydrogens is 413 g/mol. The molecule has 0 saturated heterocycles. The van der Waals surface area contributed by atoms with Crippen LogP contribution in [0.5, 0.6) is 0 Å². The molecule has 0 saturated carbocycles. The first-order chi connectivity index (χ1) is 8.16. The molecule has 1 nitrogen and oxygen atoms in total. The molecule has 2 aromatic rings. The molecule has 19 heavy (non-hydrogen) atoms. The van der Waals surface area contributed by atoms with Gasteiger partial charge < -0.3 is 21.5 Å². The van der Waals surface area contributed by atoms with Gasteiger partial charge in [-0.3, -0.25) is 0 Å². The van der Waals surface area contributed by atoms with Crippen molar-refractivity contribution in [2.45, 2.75) is 13.1 Å². The zero-order chi connectivity index (χ0) is 12.1. The number of hydrogen-bond acceptors (Lipinski definition) is 0. The number of benzene rings is 2. The molecule has 0 spiro atoms. The highest BCUT2D eigenvalue weighted by atomic mass is 127. The lowest BCUT2D eigenvalue weighted by Gasteiger charge is -2.30. The van der Waals surface area contributed by atoms with E-state index in [1.807, 2.05) is 0 Å². The highest BCUT2D eigenvalue weighted by molar-refractivity contribution is 14.0. The van der Waals surface area contributed by atoms with Crippen LogP contribution in [0.1, 0.15) is 11.1 Å². The van der Waals surface area contributed by atoms with E-state index in [0.717, 1.165) is 17.6 Å². The summed E-state index contributed by atoms with van der Waals surface area (Å²) in [7, 11) is 4.56. The van der Waals surface area contributed by atoms with Gasteiger partial charge in [-0.05, 0) is 0 Å². The monoisotopic (exact) mass is 433 g/mol. The quantitative estimate of drug-likeness (QED) is 0.500. The van der Waals surface area contributed by atoms with Crippen molar-refractivity contribution in [3.05, 3.63) is 71.8 Å². The maximum atomic E-state index is 2.28. The molecule has 104 valence electrons. The number of rotatable bonds is 4. The van der Waals surface area contributed by atoms with Crippen LogP contribution in [0.25, 0.3) is 0 Å². The van der Waals surface area contributed by atoms with Crippen molar-refractivity contribution >= 4 is 24.0 Å². The van der Waals surface area contributed by atoms with Crippen molar-refractivity contribution in [1.29, 1.82) is 0 Å². The SMILES string of the molecule is C[N+](C)(Cc1ccccc1)Cc1ccccc1.I.[Br-]. The molecule has 0 amide bonds. The molecule has 0 unspecified atom stereocenters. The molecule has 0 atom stereocenters. The van der Waals surface area contributed by atoms with Crippen LogP contribution in [0.3, 0.4) is 0 Å². The van der Waals surface area contributed by atoms with Gasteiger partial charge in [0.25, 0.3) is 0 Å². The molecule has 0 radical (unpaired) electrons. The van der Waals surface area contributed by atoms with Gasteiger partial charge in [-0.1, -0.05) is 60.7 Å². The third-order valence-corrected chi connectivity index (χ3v) is 2.91. The van der Waals surface area contributed by atoms with E-state index < -0.39 is 0 Å². The van der Waals surface area contributed by atoms with Gasteiger partial charge in [0, 0.05) is 11.1 Å². The smallest absolute Gasteiger partial charge is 0.104 e. The zero-order valence-corrected chi connectivity index (χ0v) is 15.3. The first-order valence-corrected chi connectivity index (χ1v) is 6.06. The Labute approximate surface area is 144 Å². The second-order valence-corrected chi connectivity index (χ2v) is 5.22. The summed E-state index contributed by atoms with van der Waals surface area (Å²) in [5.41, 5.74) is 2.79. The van der Waals surface area contributed by atoms with Crippen LogP contribution >= 0.6 is 24.0 Å². The predicted octanol–water partition coefficient (Wildman–Crippen LogP) is 1.09. The molecule has 0 fully saturated rings. The van der Waals surface area contributed by atoms with Crippen LogP contribution in [-0.4, -0.2) is 18.6 Å². The Bertz CT molecular complexity index is 413. The fourth-order valence-electron chi connectivity index (χ4n) is 2.21. The van der Waals surface area contributed by atoms with Crippen LogP contribution in [-0.2, 0) is 13.1 Å². The number of halogens is 2. The molecular formula is C16H21BrIN. The molecule has 0 aliphatic rings. The first-order valence-electron chi connectivity index (χ1n) is 6.06. The van der Waals surface area contributed by atoms with Gasteiger partial charge in [0.05, 0.1) is 14.1 Å². The third kappa shape index (κ3) is 6.54. The molecule has 2 aromatic carbocycles. The van der Waals surface area contributed by atoms with Crippen molar-refractivity contribution in [1.82, 2.24) is 0 Å². The second-order valence-electron chi connectivity index (χ2n) is 5.22. The van der Waals surface area contributed by atoms with Gasteiger partial charge in [-0.2, -0.15) is 0 Å². The Kier molecular flexibility index (Phi) is 8.54. The van der Waals surface area contributed by atoms with E-state index >= 15 is 0 Å². The molecule has 0 aliphatic heterocycles. The predicted molar refractivity (Wildman–Crippen MR) is 87.8 cm³/mol. The first kappa shape index (κ1) is 18.6. The number of hydrogen-bond donors (Lipinski definition) is 0. The van der Waals surface area contributed by atoms with E-state index in [1.54, 1.807) is 0 Å². The summed E-state index contributed by atoms with van der Waals surface area (Å²) in [5.74, 6) is 0.